The Labute approximate surface area is 86.8 Å². The highest BCUT2D eigenvalue weighted by molar-refractivity contribution is 5.23. The van der Waals surface area contributed by atoms with Gasteiger partial charge in [-0.25, -0.2) is 0 Å². The lowest BCUT2D eigenvalue weighted by Gasteiger charge is -2.20. The standard InChI is InChI=1S/C13H20O/c1-13(2,9-5-11-14)10-8-12-6-3-4-7-12/h3-6,9,14H,7-8,10-11H2,1-2H3. The van der Waals surface area contributed by atoms with Crippen LogP contribution >= 0.6 is 0 Å². The van der Waals surface area contributed by atoms with Gasteiger partial charge in [0.25, 0.3) is 0 Å². The van der Waals surface area contributed by atoms with Crippen molar-refractivity contribution in [2.45, 2.75) is 33.1 Å². The molecule has 1 N–H and O–H groups in total. The van der Waals surface area contributed by atoms with E-state index < -0.39 is 0 Å². The molecule has 0 saturated heterocycles. The minimum atomic E-state index is 0.147. The van der Waals surface area contributed by atoms with E-state index in [0.717, 1.165) is 19.3 Å². The van der Waals surface area contributed by atoms with Crippen LogP contribution in [0.2, 0.25) is 0 Å². The van der Waals surface area contributed by atoms with Gasteiger partial charge >= 0.3 is 0 Å². The van der Waals surface area contributed by atoms with E-state index in [0.29, 0.717) is 0 Å². The van der Waals surface area contributed by atoms with Gasteiger partial charge in [0.15, 0.2) is 0 Å². The minimum absolute atomic E-state index is 0.147. The van der Waals surface area contributed by atoms with Gasteiger partial charge in [0.05, 0.1) is 6.61 Å². The molecule has 0 aromatic rings. The molecule has 14 heavy (non-hydrogen) atoms. The van der Waals surface area contributed by atoms with Crippen molar-refractivity contribution in [1.82, 2.24) is 0 Å². The lowest BCUT2D eigenvalue weighted by atomic mass is 9.85. The number of rotatable bonds is 5. The van der Waals surface area contributed by atoms with Crippen molar-refractivity contribution in [2.75, 3.05) is 6.61 Å². The zero-order chi connectivity index (χ0) is 10.4. The van der Waals surface area contributed by atoms with E-state index >= 15 is 0 Å². The molecule has 0 aliphatic heterocycles. The van der Waals surface area contributed by atoms with Crippen molar-refractivity contribution in [3.05, 3.63) is 36.0 Å². The summed E-state index contributed by atoms with van der Waals surface area (Å²) < 4.78 is 0. The molecule has 0 aromatic carbocycles. The molecule has 0 heterocycles. The zero-order valence-corrected chi connectivity index (χ0v) is 9.16. The molecule has 1 aliphatic carbocycles. The Morgan fingerprint density at radius 3 is 2.86 bits per heavy atom. The Morgan fingerprint density at radius 2 is 2.29 bits per heavy atom. The lowest BCUT2D eigenvalue weighted by molar-refractivity contribution is 0.338. The van der Waals surface area contributed by atoms with Gasteiger partial charge in [0, 0.05) is 0 Å². The quantitative estimate of drug-likeness (QED) is 0.663. The van der Waals surface area contributed by atoms with Gasteiger partial charge in [-0.1, -0.05) is 49.8 Å². The van der Waals surface area contributed by atoms with Crippen molar-refractivity contribution >= 4 is 0 Å². The average molecular weight is 192 g/mol. The first-order valence-corrected chi connectivity index (χ1v) is 5.27. The Hall–Kier alpha value is -0.820. The summed E-state index contributed by atoms with van der Waals surface area (Å²) in [6.07, 6.45) is 13.9. The maximum Gasteiger partial charge on any atom is 0.0612 e. The summed E-state index contributed by atoms with van der Waals surface area (Å²) >= 11 is 0. The van der Waals surface area contributed by atoms with Crippen LogP contribution in [0.4, 0.5) is 0 Å². The van der Waals surface area contributed by atoms with Gasteiger partial charge in [-0.05, 0) is 24.7 Å². The monoisotopic (exact) mass is 192 g/mol. The fourth-order valence-electron chi connectivity index (χ4n) is 1.61. The first-order valence-electron chi connectivity index (χ1n) is 5.27. The first kappa shape index (κ1) is 11.3. The van der Waals surface area contributed by atoms with E-state index in [9.17, 15) is 0 Å². The predicted molar refractivity (Wildman–Crippen MR) is 61.1 cm³/mol. The molecule has 1 heteroatoms. The lowest BCUT2D eigenvalue weighted by Crippen LogP contribution is -2.07. The maximum absolute atomic E-state index is 8.70. The number of aliphatic hydroxyl groups is 1. The zero-order valence-electron chi connectivity index (χ0n) is 9.16. The Morgan fingerprint density at radius 1 is 1.50 bits per heavy atom. The SMILES string of the molecule is CC(C)(C=CCO)CCC1=CC=CC1. The average Bonchev–Trinajstić information content (AvgIpc) is 2.64. The number of hydrogen-bond acceptors (Lipinski definition) is 1. The Balaban J connectivity index is 2.32. The third-order valence-electron chi connectivity index (χ3n) is 2.61. The van der Waals surface area contributed by atoms with Crippen LogP contribution in [0.25, 0.3) is 0 Å². The third-order valence-corrected chi connectivity index (χ3v) is 2.61. The number of allylic oxidation sites excluding steroid dienone is 5. The molecule has 0 amide bonds. The third kappa shape index (κ3) is 3.93. The first-order chi connectivity index (χ1) is 6.64. The van der Waals surface area contributed by atoms with Crippen molar-refractivity contribution < 1.29 is 5.11 Å². The normalized spacial score (nSPS) is 16.6. The highest BCUT2D eigenvalue weighted by Gasteiger charge is 2.14. The molecular weight excluding hydrogens is 172 g/mol. The Kier molecular flexibility index (Phi) is 4.15. The molecule has 0 saturated carbocycles. The fourth-order valence-corrected chi connectivity index (χ4v) is 1.61. The maximum atomic E-state index is 8.70. The number of aliphatic hydroxyl groups excluding tert-OH is 1. The van der Waals surface area contributed by atoms with Crippen LogP contribution in [0.5, 0.6) is 0 Å². The van der Waals surface area contributed by atoms with Crippen LogP contribution < -0.4 is 0 Å². The molecule has 0 bridgehead atoms. The summed E-state index contributed by atoms with van der Waals surface area (Å²) in [5.41, 5.74) is 1.72. The molecule has 1 rings (SSSR count). The van der Waals surface area contributed by atoms with Crippen molar-refractivity contribution in [2.24, 2.45) is 5.41 Å². The van der Waals surface area contributed by atoms with E-state index in [1.54, 1.807) is 0 Å². The largest absolute Gasteiger partial charge is 0.392 e. The molecule has 78 valence electrons. The summed E-state index contributed by atoms with van der Waals surface area (Å²) in [4.78, 5) is 0. The Bertz CT molecular complexity index is 256. The summed E-state index contributed by atoms with van der Waals surface area (Å²) in [7, 11) is 0. The smallest absolute Gasteiger partial charge is 0.0612 e. The van der Waals surface area contributed by atoms with E-state index in [4.69, 9.17) is 5.11 Å². The van der Waals surface area contributed by atoms with Gasteiger partial charge in [0.2, 0.25) is 0 Å². The van der Waals surface area contributed by atoms with E-state index in [2.05, 4.69) is 38.2 Å². The van der Waals surface area contributed by atoms with Gasteiger partial charge < -0.3 is 5.11 Å². The molecule has 0 fully saturated rings. The molecule has 0 atom stereocenters. The van der Waals surface area contributed by atoms with Crippen LogP contribution in [0.15, 0.2) is 36.0 Å². The van der Waals surface area contributed by atoms with Crippen molar-refractivity contribution in [3.8, 4) is 0 Å². The summed E-state index contributed by atoms with van der Waals surface area (Å²) in [6, 6.07) is 0. The molecule has 1 nitrogen and oxygen atoms in total. The highest BCUT2D eigenvalue weighted by atomic mass is 16.2. The molecular formula is C13H20O. The molecule has 1 aliphatic rings. The highest BCUT2D eigenvalue weighted by Crippen LogP contribution is 2.28. The summed E-state index contributed by atoms with van der Waals surface area (Å²) in [5, 5.41) is 8.70. The fraction of sp³-hybridized carbons (Fsp3) is 0.538. The second-order valence-corrected chi connectivity index (χ2v) is 4.53. The number of hydrogen-bond donors (Lipinski definition) is 1. The van der Waals surface area contributed by atoms with Gasteiger partial charge in [0.1, 0.15) is 0 Å². The summed E-state index contributed by atoms with van der Waals surface area (Å²) in [6.45, 7) is 4.57. The van der Waals surface area contributed by atoms with E-state index in [1.165, 1.54) is 5.57 Å². The van der Waals surface area contributed by atoms with Crippen LogP contribution in [-0.2, 0) is 0 Å². The van der Waals surface area contributed by atoms with Crippen LogP contribution in [0.3, 0.4) is 0 Å². The van der Waals surface area contributed by atoms with Crippen LogP contribution in [0.1, 0.15) is 33.1 Å². The van der Waals surface area contributed by atoms with Crippen LogP contribution in [-0.4, -0.2) is 11.7 Å². The van der Waals surface area contributed by atoms with Gasteiger partial charge in [-0.2, -0.15) is 0 Å². The van der Waals surface area contributed by atoms with Crippen molar-refractivity contribution in [1.29, 1.82) is 0 Å². The van der Waals surface area contributed by atoms with Crippen LogP contribution in [0, 0.1) is 5.41 Å². The minimum Gasteiger partial charge on any atom is -0.392 e. The van der Waals surface area contributed by atoms with E-state index in [-0.39, 0.29) is 12.0 Å². The second kappa shape index (κ2) is 5.16. The summed E-state index contributed by atoms with van der Waals surface area (Å²) in [5.74, 6) is 0. The van der Waals surface area contributed by atoms with Gasteiger partial charge in [-0.3, -0.25) is 0 Å². The van der Waals surface area contributed by atoms with Gasteiger partial charge in [-0.15, -0.1) is 0 Å². The predicted octanol–water partition coefficient (Wildman–Crippen LogP) is 3.23. The topological polar surface area (TPSA) is 20.2 Å². The second-order valence-electron chi connectivity index (χ2n) is 4.53. The molecule has 0 unspecified atom stereocenters. The molecule has 0 aromatic heterocycles. The van der Waals surface area contributed by atoms with Crippen molar-refractivity contribution in [3.63, 3.8) is 0 Å². The van der Waals surface area contributed by atoms with E-state index in [1.807, 2.05) is 6.08 Å². The molecule has 0 radical (unpaired) electrons. The molecule has 0 spiro atoms.